The molecule has 0 rings (SSSR count). The summed E-state index contributed by atoms with van der Waals surface area (Å²) in [5.74, 6) is -4.24. The third-order valence-electron chi connectivity index (χ3n) is 1.32. The first kappa shape index (κ1) is 18.7. The second-order valence-electron chi connectivity index (χ2n) is 2.90. The maximum absolute atomic E-state index is 10.4. The Hall–Kier alpha value is -2.64. The fraction of sp³-hybridized carbons (Fsp3) is 0.273. The number of hydrogen-bond donors (Lipinski definition) is 3. The number of rotatable bonds is 6. The summed E-state index contributed by atoms with van der Waals surface area (Å²) >= 11 is 0. The van der Waals surface area contributed by atoms with Gasteiger partial charge in [-0.3, -0.25) is 4.79 Å². The number of carboxylic acid groups (broad SMARTS) is 3. The standard InChI is InChI=1S/C6H8O4.C5H6O4/c1-2-10-6(9)4-3-5(7)8;1-3(5(8)9)2-4(6)7/h3-4H,2H2,1H3,(H,7,8);1-2H2,(H,6,7)(H,8,9)/b4-3-;. The highest BCUT2D eigenvalue weighted by molar-refractivity contribution is 5.91. The lowest BCUT2D eigenvalue weighted by molar-refractivity contribution is -0.139. The smallest absolute Gasteiger partial charge is 0.331 e. The largest absolute Gasteiger partial charge is 0.481 e. The van der Waals surface area contributed by atoms with Gasteiger partial charge in [-0.05, 0) is 6.92 Å². The van der Waals surface area contributed by atoms with Gasteiger partial charge in [0.25, 0.3) is 0 Å². The van der Waals surface area contributed by atoms with E-state index >= 15 is 0 Å². The zero-order chi connectivity index (χ0) is 15.4. The summed E-state index contributed by atoms with van der Waals surface area (Å²) in [7, 11) is 0. The molecule has 0 saturated heterocycles. The van der Waals surface area contributed by atoms with E-state index in [1.165, 1.54) is 0 Å². The molecule has 0 aliphatic rings. The van der Waals surface area contributed by atoms with E-state index in [9.17, 15) is 19.2 Å². The summed E-state index contributed by atoms with van der Waals surface area (Å²) in [4.78, 5) is 39.9. The highest BCUT2D eigenvalue weighted by atomic mass is 16.5. The Bertz CT molecular complexity index is 393. The van der Waals surface area contributed by atoms with Crippen LogP contribution >= 0.6 is 0 Å². The Labute approximate surface area is 108 Å². The van der Waals surface area contributed by atoms with Crippen LogP contribution in [0.1, 0.15) is 13.3 Å². The van der Waals surface area contributed by atoms with Crippen LogP contribution in [0.2, 0.25) is 0 Å². The molecule has 0 radical (unpaired) electrons. The molecule has 106 valence electrons. The molecule has 0 aromatic carbocycles. The fourth-order valence-corrected chi connectivity index (χ4v) is 0.588. The summed E-state index contributed by atoms with van der Waals surface area (Å²) in [6.07, 6.45) is 1.10. The van der Waals surface area contributed by atoms with E-state index in [1.807, 2.05) is 0 Å². The molecule has 8 heteroatoms. The molecule has 0 aromatic heterocycles. The first-order valence-electron chi connectivity index (χ1n) is 4.91. The molecule has 0 heterocycles. The van der Waals surface area contributed by atoms with Crippen molar-refractivity contribution in [3.8, 4) is 0 Å². The van der Waals surface area contributed by atoms with Gasteiger partial charge >= 0.3 is 23.9 Å². The second-order valence-corrected chi connectivity index (χ2v) is 2.90. The number of carbonyl (C=O) groups excluding carboxylic acids is 1. The van der Waals surface area contributed by atoms with E-state index in [2.05, 4.69) is 11.3 Å². The number of ether oxygens (including phenoxy) is 1. The van der Waals surface area contributed by atoms with Crippen LogP contribution in [0.3, 0.4) is 0 Å². The molecule has 8 nitrogen and oxygen atoms in total. The van der Waals surface area contributed by atoms with Crippen LogP contribution < -0.4 is 0 Å². The van der Waals surface area contributed by atoms with Gasteiger partial charge < -0.3 is 20.1 Å². The van der Waals surface area contributed by atoms with Crippen LogP contribution in [-0.2, 0) is 23.9 Å². The van der Waals surface area contributed by atoms with Crippen LogP contribution in [0.25, 0.3) is 0 Å². The van der Waals surface area contributed by atoms with E-state index in [1.54, 1.807) is 6.92 Å². The lowest BCUT2D eigenvalue weighted by Gasteiger charge is -1.92. The molecule has 0 spiro atoms. The molecule has 0 atom stereocenters. The molecule has 0 aromatic rings. The molecular weight excluding hydrogens is 260 g/mol. The minimum atomic E-state index is -1.27. The quantitative estimate of drug-likeness (QED) is 0.464. The van der Waals surface area contributed by atoms with Gasteiger partial charge in [0.2, 0.25) is 0 Å². The lowest BCUT2D eigenvalue weighted by Crippen LogP contribution is -2.04. The summed E-state index contributed by atoms with van der Waals surface area (Å²) in [6, 6.07) is 0. The molecule has 0 aliphatic heterocycles. The van der Waals surface area contributed by atoms with Gasteiger partial charge in [0, 0.05) is 17.7 Å². The number of carbonyl (C=O) groups is 4. The molecule has 0 fully saturated rings. The van der Waals surface area contributed by atoms with Crippen LogP contribution in [-0.4, -0.2) is 45.8 Å². The monoisotopic (exact) mass is 274 g/mol. The van der Waals surface area contributed by atoms with E-state index in [0.29, 0.717) is 0 Å². The minimum Gasteiger partial charge on any atom is -0.481 e. The Morgan fingerprint density at radius 3 is 1.89 bits per heavy atom. The van der Waals surface area contributed by atoms with Gasteiger partial charge in [0.1, 0.15) is 0 Å². The van der Waals surface area contributed by atoms with Crippen molar-refractivity contribution in [2.45, 2.75) is 13.3 Å². The fourth-order valence-electron chi connectivity index (χ4n) is 0.588. The first-order valence-corrected chi connectivity index (χ1v) is 4.91. The predicted molar refractivity (Wildman–Crippen MR) is 62.4 cm³/mol. The van der Waals surface area contributed by atoms with Crippen LogP contribution in [0.4, 0.5) is 0 Å². The van der Waals surface area contributed by atoms with E-state index in [0.717, 1.165) is 12.2 Å². The third-order valence-corrected chi connectivity index (χ3v) is 1.32. The van der Waals surface area contributed by atoms with Gasteiger partial charge in [-0.15, -0.1) is 0 Å². The average Bonchev–Trinajstić information content (AvgIpc) is 2.26. The van der Waals surface area contributed by atoms with Gasteiger partial charge in [0.05, 0.1) is 13.0 Å². The zero-order valence-corrected chi connectivity index (χ0v) is 10.2. The van der Waals surface area contributed by atoms with Gasteiger partial charge in [-0.1, -0.05) is 6.58 Å². The predicted octanol–water partition coefficient (Wildman–Crippen LogP) is 0.292. The highest BCUT2D eigenvalue weighted by Crippen LogP contribution is 1.95. The van der Waals surface area contributed by atoms with Crippen molar-refractivity contribution < 1.29 is 39.2 Å². The van der Waals surface area contributed by atoms with Crippen molar-refractivity contribution >= 4 is 23.9 Å². The number of hydrogen-bond acceptors (Lipinski definition) is 5. The molecule has 19 heavy (non-hydrogen) atoms. The Morgan fingerprint density at radius 1 is 1.11 bits per heavy atom. The van der Waals surface area contributed by atoms with Gasteiger partial charge in [-0.25, -0.2) is 14.4 Å². The molecule has 0 saturated carbocycles. The van der Waals surface area contributed by atoms with Gasteiger partial charge in [0.15, 0.2) is 0 Å². The highest BCUT2D eigenvalue weighted by Gasteiger charge is 2.07. The molecule has 0 amide bonds. The van der Waals surface area contributed by atoms with Crippen molar-refractivity contribution in [1.82, 2.24) is 0 Å². The van der Waals surface area contributed by atoms with Crippen molar-refractivity contribution in [2.24, 2.45) is 0 Å². The average molecular weight is 274 g/mol. The maximum atomic E-state index is 10.4. The molecule has 3 N–H and O–H groups in total. The number of carboxylic acids is 3. The first-order chi connectivity index (χ1) is 8.70. The molecule has 0 unspecified atom stereocenters. The number of esters is 1. The number of aliphatic carboxylic acids is 3. The van der Waals surface area contributed by atoms with Crippen LogP contribution in [0.5, 0.6) is 0 Å². The minimum absolute atomic E-state index is 0.253. The van der Waals surface area contributed by atoms with Crippen molar-refractivity contribution in [3.63, 3.8) is 0 Å². The summed E-state index contributed by atoms with van der Waals surface area (Å²) in [6.45, 7) is 4.91. The zero-order valence-electron chi connectivity index (χ0n) is 10.2. The van der Waals surface area contributed by atoms with E-state index in [4.69, 9.17) is 15.3 Å². The van der Waals surface area contributed by atoms with Crippen molar-refractivity contribution in [3.05, 3.63) is 24.3 Å². The normalized spacial score (nSPS) is 9.11. The van der Waals surface area contributed by atoms with Crippen molar-refractivity contribution in [2.75, 3.05) is 6.61 Å². The Balaban J connectivity index is 0. The summed E-state index contributed by atoms with van der Waals surface area (Å²) in [5.41, 5.74) is -0.303. The SMILES string of the molecule is C=C(CC(=O)O)C(=O)O.CCOC(=O)/C=C\C(=O)O. The second kappa shape index (κ2) is 10.5. The van der Waals surface area contributed by atoms with Crippen molar-refractivity contribution in [1.29, 1.82) is 0 Å². The summed E-state index contributed by atoms with van der Waals surface area (Å²) < 4.78 is 4.40. The molecular formula is C11H14O8. The van der Waals surface area contributed by atoms with Crippen LogP contribution in [0.15, 0.2) is 24.3 Å². The van der Waals surface area contributed by atoms with E-state index in [-0.39, 0.29) is 12.2 Å². The van der Waals surface area contributed by atoms with E-state index < -0.39 is 30.3 Å². The van der Waals surface area contributed by atoms with Gasteiger partial charge in [-0.2, -0.15) is 0 Å². The third kappa shape index (κ3) is 15.4. The maximum Gasteiger partial charge on any atom is 0.331 e. The van der Waals surface area contributed by atoms with Crippen LogP contribution in [0, 0.1) is 0 Å². The lowest BCUT2D eigenvalue weighted by atomic mass is 10.2. The topological polar surface area (TPSA) is 138 Å². The molecule has 0 bridgehead atoms. The Morgan fingerprint density at radius 2 is 1.63 bits per heavy atom. The molecule has 0 aliphatic carbocycles. The Kier molecular flexibility index (Phi) is 10.4. The summed E-state index contributed by atoms with van der Waals surface area (Å²) in [5, 5.41) is 24.1.